The number of benzene rings is 1. The van der Waals surface area contributed by atoms with Crippen LogP contribution in [0.4, 0.5) is 0 Å². The van der Waals surface area contributed by atoms with Crippen molar-refractivity contribution < 1.29 is 4.79 Å². The van der Waals surface area contributed by atoms with E-state index in [4.69, 9.17) is 11.6 Å². The van der Waals surface area contributed by atoms with Crippen molar-refractivity contribution in [1.29, 1.82) is 0 Å². The fraction of sp³-hybridized carbons (Fsp3) is 0.300. The third-order valence-corrected chi connectivity index (χ3v) is 6.97. The minimum absolute atomic E-state index is 0.00420. The Morgan fingerprint density at radius 3 is 2.88 bits per heavy atom. The van der Waals surface area contributed by atoms with Gasteiger partial charge in [0.05, 0.1) is 0 Å². The maximum atomic E-state index is 13.3. The molecule has 0 aliphatic carbocycles. The number of Topliss-reactive ketones (excluding diaryl/α,β-unsaturated/α-hetero) is 1. The van der Waals surface area contributed by atoms with Crippen molar-refractivity contribution in [2.75, 3.05) is 13.1 Å². The minimum atomic E-state index is -0.00420. The van der Waals surface area contributed by atoms with Crippen molar-refractivity contribution in [1.82, 2.24) is 12.3 Å². The summed E-state index contributed by atoms with van der Waals surface area (Å²) in [6.07, 6.45) is 5.59. The number of carbonyl (C=O) groups excluding carboxylic acids is 1. The maximum absolute atomic E-state index is 13.3. The molecule has 1 fully saturated rings. The zero-order valence-electron chi connectivity index (χ0n) is 14.4. The summed E-state index contributed by atoms with van der Waals surface area (Å²) >= 11 is 7.02. The number of rotatable bonds is 4. The molecule has 3 heterocycles. The van der Waals surface area contributed by atoms with E-state index in [2.05, 4.69) is 36.5 Å². The van der Waals surface area contributed by atoms with Crippen LogP contribution in [0.5, 0.6) is 0 Å². The number of hydrogen-bond donors (Lipinski definition) is 0. The molecule has 1 unspecified atom stereocenters. The zero-order chi connectivity index (χ0) is 18.1. The second-order valence-electron chi connectivity index (χ2n) is 6.87. The third kappa shape index (κ3) is 3.59. The Labute approximate surface area is 174 Å². The summed E-state index contributed by atoms with van der Waals surface area (Å²) in [6, 6.07) is 12.4. The first-order valence-electron chi connectivity index (χ1n) is 8.84. The predicted octanol–water partition coefficient (Wildman–Crippen LogP) is 3.72. The molecule has 0 amide bonds. The van der Waals surface area contributed by atoms with E-state index in [1.165, 1.54) is 5.56 Å². The van der Waals surface area contributed by atoms with Crippen LogP contribution in [0.1, 0.15) is 28.8 Å². The van der Waals surface area contributed by atoms with Crippen LogP contribution in [-0.4, -0.2) is 57.2 Å². The van der Waals surface area contributed by atoms with E-state index >= 15 is 0 Å². The number of ketones is 1. The van der Waals surface area contributed by atoms with E-state index < -0.39 is 0 Å². The van der Waals surface area contributed by atoms with E-state index in [9.17, 15) is 4.79 Å². The van der Waals surface area contributed by atoms with Crippen LogP contribution in [0.3, 0.4) is 0 Å². The molecule has 0 radical (unpaired) electrons. The Hall–Kier alpha value is -1.25. The van der Waals surface area contributed by atoms with Gasteiger partial charge >= 0.3 is 169 Å². The molecule has 1 aliphatic rings. The second kappa shape index (κ2) is 7.78. The number of piperidine rings is 1. The van der Waals surface area contributed by atoms with Crippen molar-refractivity contribution in [3.05, 3.63) is 64.9 Å². The topological polar surface area (TPSA) is 38.1 Å². The molecule has 4 rings (SSSR count). The van der Waals surface area contributed by atoms with E-state index in [-0.39, 0.29) is 11.7 Å². The summed E-state index contributed by atoms with van der Waals surface area (Å²) in [4.78, 5) is 20.1. The van der Waals surface area contributed by atoms with Crippen LogP contribution >= 0.6 is 11.6 Å². The number of likely N-dealkylation sites (tertiary alicyclic amines) is 1. The van der Waals surface area contributed by atoms with E-state index in [0.29, 0.717) is 36.7 Å². The predicted molar refractivity (Wildman–Crippen MR) is 105 cm³/mol. The molecule has 2 aromatic heterocycles. The van der Waals surface area contributed by atoms with Gasteiger partial charge in [0.1, 0.15) is 0 Å². The average Bonchev–Trinajstić information content (AvgIpc) is 3.03. The SMILES string of the molecule is O=C(c1c(Cl)cnc2c1cc[n]2[Tl])C1CCCN(Cc2ccccc2)C1. The van der Waals surface area contributed by atoms with Gasteiger partial charge in [-0.2, -0.15) is 0 Å². The molecule has 26 heavy (non-hydrogen) atoms. The molecule has 1 saturated heterocycles. The van der Waals surface area contributed by atoms with E-state index in [0.717, 1.165) is 43.5 Å². The molecular weight excluding hydrogens is 538 g/mol. The third-order valence-electron chi connectivity index (χ3n) is 5.07. The van der Waals surface area contributed by atoms with Gasteiger partial charge in [0.25, 0.3) is 0 Å². The van der Waals surface area contributed by atoms with Gasteiger partial charge in [-0.3, -0.25) is 0 Å². The standard InChI is InChI=1S/C20H20ClN3O.Tl/c21-17-11-23-20-16(8-9-22-20)18(17)19(25)15-7-4-10-24(13-15)12-14-5-2-1-3-6-14;/h1-3,5-6,8-9,11,15H,4,7,10,12-13H2,(H,22,23,25);/q;+1/p-1. The fourth-order valence-corrected chi connectivity index (χ4v) is 5.17. The zero-order valence-corrected chi connectivity index (χ0v) is 19.7. The van der Waals surface area contributed by atoms with Crippen LogP contribution in [0, 0.1) is 5.92 Å². The van der Waals surface area contributed by atoms with E-state index in [1.54, 1.807) is 6.20 Å². The van der Waals surface area contributed by atoms with Gasteiger partial charge < -0.3 is 0 Å². The van der Waals surface area contributed by atoms with Crippen LogP contribution in [-0.2, 0) is 6.54 Å². The summed E-state index contributed by atoms with van der Waals surface area (Å²) in [5, 5.41) is 1.36. The molecule has 0 bridgehead atoms. The van der Waals surface area contributed by atoms with Crippen molar-refractivity contribution in [2.24, 2.45) is 5.92 Å². The molecule has 4 nitrogen and oxygen atoms in total. The number of carbonyl (C=O) groups is 1. The molecule has 1 aliphatic heterocycles. The Bertz CT molecular complexity index is 941. The van der Waals surface area contributed by atoms with Gasteiger partial charge in [-0.25, -0.2) is 0 Å². The quantitative estimate of drug-likeness (QED) is 0.363. The number of hydrogen-bond acceptors (Lipinski definition) is 3. The molecule has 3 aromatic rings. The summed E-state index contributed by atoms with van der Waals surface area (Å²) in [5.41, 5.74) is 2.82. The van der Waals surface area contributed by atoms with Gasteiger partial charge in [0.15, 0.2) is 0 Å². The fourth-order valence-electron chi connectivity index (χ4n) is 3.79. The number of aromatic nitrogens is 2. The van der Waals surface area contributed by atoms with Crippen LogP contribution in [0.25, 0.3) is 11.0 Å². The van der Waals surface area contributed by atoms with Crippen LogP contribution in [0.15, 0.2) is 48.8 Å². The first kappa shape index (κ1) is 18.1. The van der Waals surface area contributed by atoms with Crippen molar-refractivity contribution >= 4 is 54.5 Å². The van der Waals surface area contributed by atoms with Gasteiger partial charge in [-0.1, -0.05) is 6.07 Å². The van der Waals surface area contributed by atoms with Crippen LogP contribution < -0.4 is 0 Å². The molecule has 0 N–H and O–H groups in total. The van der Waals surface area contributed by atoms with Gasteiger partial charge in [-0.05, 0) is 0 Å². The van der Waals surface area contributed by atoms with Crippen molar-refractivity contribution in [3.8, 4) is 0 Å². The Kier molecular flexibility index (Phi) is 5.43. The summed E-state index contributed by atoms with van der Waals surface area (Å²) in [6.45, 7) is 2.72. The van der Waals surface area contributed by atoms with Gasteiger partial charge in [0.2, 0.25) is 0 Å². The molecule has 0 saturated carbocycles. The number of fused-ring (bicyclic) bond motifs is 1. The molecule has 130 valence electrons. The second-order valence-corrected chi connectivity index (χ2v) is 9.44. The average molecular weight is 557 g/mol. The number of halogens is 1. The van der Waals surface area contributed by atoms with Crippen molar-refractivity contribution in [2.45, 2.75) is 19.4 Å². The van der Waals surface area contributed by atoms with Crippen molar-refractivity contribution in [3.63, 3.8) is 0 Å². The normalized spacial score (nSPS) is 18.2. The number of nitrogens with zero attached hydrogens (tertiary/aromatic N) is 3. The molecule has 6 heteroatoms. The summed E-state index contributed by atoms with van der Waals surface area (Å²) < 4.78 is 2.09. The Balaban J connectivity index is 1.57. The molecule has 1 aromatic carbocycles. The Morgan fingerprint density at radius 1 is 1.27 bits per heavy atom. The monoisotopic (exact) mass is 557 g/mol. The molecular formula is C20H19ClN3OTl. The molecule has 0 spiro atoms. The van der Waals surface area contributed by atoms with Gasteiger partial charge in [-0.15, -0.1) is 0 Å². The van der Waals surface area contributed by atoms with Crippen LogP contribution in [0.2, 0.25) is 5.02 Å². The Morgan fingerprint density at radius 2 is 2.08 bits per heavy atom. The molecule has 1 atom stereocenters. The van der Waals surface area contributed by atoms with E-state index in [1.807, 2.05) is 18.3 Å². The summed E-state index contributed by atoms with van der Waals surface area (Å²) in [5.74, 6) is 0.159. The summed E-state index contributed by atoms with van der Waals surface area (Å²) in [7, 11) is 0. The van der Waals surface area contributed by atoms with Gasteiger partial charge in [0, 0.05) is 0 Å². The first-order chi connectivity index (χ1) is 12.6. The first-order valence-corrected chi connectivity index (χ1v) is 11.2. The number of pyridine rings is 1.